The summed E-state index contributed by atoms with van der Waals surface area (Å²) in [6.07, 6.45) is 0.0828. The van der Waals surface area contributed by atoms with Gasteiger partial charge in [0.1, 0.15) is 5.78 Å². The first kappa shape index (κ1) is 14.2. The van der Waals surface area contributed by atoms with Crippen LogP contribution in [-0.2, 0) is 9.53 Å². The maximum absolute atomic E-state index is 12.0. The second-order valence-electron chi connectivity index (χ2n) is 5.12. The summed E-state index contributed by atoms with van der Waals surface area (Å²) >= 11 is 6.10. The number of ketones is 1. The van der Waals surface area contributed by atoms with Gasteiger partial charge in [0.2, 0.25) is 0 Å². The molecular weight excluding hydrogens is 236 g/mol. The number of benzene rings is 1. The number of methoxy groups -OCH3 is 1. The molecule has 0 amide bonds. The number of halogens is 1. The Hall–Kier alpha value is -0.860. The summed E-state index contributed by atoms with van der Waals surface area (Å²) in [5, 5.41) is 0.640. The zero-order valence-electron chi connectivity index (χ0n) is 10.8. The molecule has 0 aliphatic rings. The summed E-state index contributed by atoms with van der Waals surface area (Å²) in [6.45, 7) is 5.73. The molecule has 0 radical (unpaired) electrons. The topological polar surface area (TPSA) is 26.3 Å². The Labute approximate surface area is 108 Å². The Balaban J connectivity index is 2.87. The van der Waals surface area contributed by atoms with E-state index in [-0.39, 0.29) is 17.3 Å². The van der Waals surface area contributed by atoms with Gasteiger partial charge in [-0.1, -0.05) is 50.6 Å². The van der Waals surface area contributed by atoms with Gasteiger partial charge in [-0.2, -0.15) is 0 Å². The normalized spacial score (nSPS) is 13.5. The molecule has 0 saturated heterocycles. The van der Waals surface area contributed by atoms with Gasteiger partial charge in [-0.3, -0.25) is 4.79 Å². The zero-order valence-corrected chi connectivity index (χ0v) is 11.5. The lowest BCUT2D eigenvalue weighted by molar-refractivity contribution is -0.128. The summed E-state index contributed by atoms with van der Waals surface area (Å²) in [6, 6.07) is 7.47. The average molecular weight is 255 g/mol. The minimum Gasteiger partial charge on any atom is -0.376 e. The lowest BCUT2D eigenvalue weighted by Gasteiger charge is -2.22. The molecule has 0 unspecified atom stereocenters. The molecule has 1 atom stereocenters. The highest BCUT2D eigenvalue weighted by Gasteiger charge is 2.26. The lowest BCUT2D eigenvalue weighted by Crippen LogP contribution is -2.23. The Kier molecular flexibility index (Phi) is 4.72. The Morgan fingerprint density at radius 1 is 1.35 bits per heavy atom. The van der Waals surface area contributed by atoms with Crippen molar-refractivity contribution in [3.05, 3.63) is 34.9 Å². The largest absolute Gasteiger partial charge is 0.376 e. The molecule has 2 nitrogen and oxygen atoms in total. The third kappa shape index (κ3) is 3.83. The van der Waals surface area contributed by atoms with Gasteiger partial charge in [0, 0.05) is 24.0 Å². The van der Waals surface area contributed by atoms with E-state index in [1.807, 2.05) is 45.0 Å². The molecule has 1 aromatic rings. The summed E-state index contributed by atoms with van der Waals surface area (Å²) in [5.74, 6) is 0.171. The molecular formula is C14H19ClO2. The standard InChI is InChI=1S/C14H19ClO2/c1-14(2,3)13(16)9-12(17-4)10-7-5-6-8-11(10)15/h5-8,12H,9H2,1-4H3/t12-/m0/s1. The van der Waals surface area contributed by atoms with Crippen molar-refractivity contribution in [2.45, 2.75) is 33.3 Å². The van der Waals surface area contributed by atoms with Crippen LogP contribution in [0.3, 0.4) is 0 Å². The minimum absolute atomic E-state index is 0.171. The molecule has 0 spiro atoms. The van der Waals surface area contributed by atoms with E-state index in [1.54, 1.807) is 7.11 Å². The van der Waals surface area contributed by atoms with E-state index in [9.17, 15) is 4.79 Å². The number of hydrogen-bond donors (Lipinski definition) is 0. The highest BCUT2D eigenvalue weighted by Crippen LogP contribution is 2.30. The first-order chi connectivity index (χ1) is 7.86. The van der Waals surface area contributed by atoms with Crippen LogP contribution in [0.5, 0.6) is 0 Å². The van der Waals surface area contributed by atoms with Crippen LogP contribution in [0.4, 0.5) is 0 Å². The van der Waals surface area contributed by atoms with Crippen molar-refractivity contribution >= 4 is 17.4 Å². The number of hydrogen-bond acceptors (Lipinski definition) is 2. The summed E-state index contributed by atoms with van der Waals surface area (Å²) < 4.78 is 5.38. The van der Waals surface area contributed by atoms with Gasteiger partial charge in [-0.15, -0.1) is 0 Å². The molecule has 17 heavy (non-hydrogen) atoms. The highest BCUT2D eigenvalue weighted by atomic mass is 35.5. The maximum atomic E-state index is 12.0. The van der Waals surface area contributed by atoms with Crippen LogP contribution in [-0.4, -0.2) is 12.9 Å². The van der Waals surface area contributed by atoms with Gasteiger partial charge in [0.25, 0.3) is 0 Å². The fourth-order valence-electron chi connectivity index (χ4n) is 1.53. The van der Waals surface area contributed by atoms with Crippen LogP contribution >= 0.6 is 11.6 Å². The summed E-state index contributed by atoms with van der Waals surface area (Å²) in [7, 11) is 1.60. The quantitative estimate of drug-likeness (QED) is 0.811. The minimum atomic E-state index is -0.349. The lowest BCUT2D eigenvalue weighted by atomic mass is 9.86. The SMILES string of the molecule is CO[C@@H](CC(=O)C(C)(C)C)c1ccccc1Cl. The molecule has 0 fully saturated rings. The van der Waals surface area contributed by atoms with E-state index < -0.39 is 0 Å². The molecule has 0 heterocycles. The van der Waals surface area contributed by atoms with Crippen LogP contribution < -0.4 is 0 Å². The van der Waals surface area contributed by atoms with E-state index in [4.69, 9.17) is 16.3 Å². The van der Waals surface area contributed by atoms with Crippen LogP contribution in [0.1, 0.15) is 38.9 Å². The smallest absolute Gasteiger partial charge is 0.141 e. The molecule has 94 valence electrons. The van der Waals surface area contributed by atoms with Gasteiger partial charge in [0.05, 0.1) is 6.10 Å². The predicted molar refractivity (Wildman–Crippen MR) is 70.3 cm³/mol. The number of ether oxygens (including phenoxy) is 1. The molecule has 0 aromatic heterocycles. The van der Waals surface area contributed by atoms with E-state index >= 15 is 0 Å². The molecule has 0 saturated carbocycles. The van der Waals surface area contributed by atoms with Gasteiger partial charge in [-0.25, -0.2) is 0 Å². The van der Waals surface area contributed by atoms with Crippen LogP contribution in [0.25, 0.3) is 0 Å². The van der Waals surface area contributed by atoms with E-state index in [0.717, 1.165) is 5.56 Å². The molecule has 1 rings (SSSR count). The van der Waals surface area contributed by atoms with Crippen molar-refractivity contribution in [3.8, 4) is 0 Å². The molecule has 0 bridgehead atoms. The molecule has 0 aliphatic heterocycles. The van der Waals surface area contributed by atoms with Crippen LogP contribution in [0.2, 0.25) is 5.02 Å². The van der Waals surface area contributed by atoms with Crippen molar-refractivity contribution in [2.24, 2.45) is 5.41 Å². The van der Waals surface area contributed by atoms with Crippen LogP contribution in [0, 0.1) is 5.41 Å². The van der Waals surface area contributed by atoms with Crippen molar-refractivity contribution in [2.75, 3.05) is 7.11 Å². The molecule has 3 heteroatoms. The first-order valence-electron chi connectivity index (χ1n) is 5.66. The fraction of sp³-hybridized carbons (Fsp3) is 0.500. The maximum Gasteiger partial charge on any atom is 0.141 e. The van der Waals surface area contributed by atoms with E-state index in [1.165, 1.54) is 0 Å². The average Bonchev–Trinajstić information content (AvgIpc) is 2.25. The van der Waals surface area contributed by atoms with Gasteiger partial charge >= 0.3 is 0 Å². The van der Waals surface area contributed by atoms with Gasteiger partial charge in [-0.05, 0) is 11.6 Å². The van der Waals surface area contributed by atoms with E-state index in [0.29, 0.717) is 11.4 Å². The Morgan fingerprint density at radius 2 is 1.94 bits per heavy atom. The number of carbonyl (C=O) groups is 1. The van der Waals surface area contributed by atoms with Crippen molar-refractivity contribution in [1.82, 2.24) is 0 Å². The second-order valence-corrected chi connectivity index (χ2v) is 5.53. The van der Waals surface area contributed by atoms with Crippen molar-refractivity contribution in [1.29, 1.82) is 0 Å². The number of carbonyl (C=O) groups excluding carboxylic acids is 1. The molecule has 0 aliphatic carbocycles. The van der Waals surface area contributed by atoms with Gasteiger partial charge in [0.15, 0.2) is 0 Å². The van der Waals surface area contributed by atoms with Crippen LogP contribution in [0.15, 0.2) is 24.3 Å². The fourth-order valence-corrected chi connectivity index (χ4v) is 1.79. The Bertz CT molecular complexity index is 393. The summed E-state index contributed by atoms with van der Waals surface area (Å²) in [4.78, 5) is 12.0. The van der Waals surface area contributed by atoms with Crippen molar-refractivity contribution in [3.63, 3.8) is 0 Å². The second kappa shape index (κ2) is 5.65. The molecule has 1 aromatic carbocycles. The molecule has 0 N–H and O–H groups in total. The first-order valence-corrected chi connectivity index (χ1v) is 6.04. The highest BCUT2D eigenvalue weighted by molar-refractivity contribution is 6.31. The van der Waals surface area contributed by atoms with Gasteiger partial charge < -0.3 is 4.74 Å². The summed E-state index contributed by atoms with van der Waals surface area (Å²) in [5.41, 5.74) is 0.521. The van der Waals surface area contributed by atoms with Crippen molar-refractivity contribution < 1.29 is 9.53 Å². The van der Waals surface area contributed by atoms with E-state index in [2.05, 4.69) is 0 Å². The Morgan fingerprint density at radius 3 is 2.41 bits per heavy atom. The third-order valence-electron chi connectivity index (χ3n) is 2.74. The monoisotopic (exact) mass is 254 g/mol. The third-order valence-corrected chi connectivity index (χ3v) is 3.09. The zero-order chi connectivity index (χ0) is 13.1. The number of rotatable bonds is 4. The predicted octanol–water partition coefficient (Wildman–Crippen LogP) is 4.03. The number of Topliss-reactive ketones (excluding diaryl/α,β-unsaturated/α-hetero) is 1.